The summed E-state index contributed by atoms with van der Waals surface area (Å²) in [6.45, 7) is 3.18. The van der Waals surface area contributed by atoms with E-state index in [0.717, 1.165) is 6.42 Å². The quantitative estimate of drug-likeness (QED) is 0.940. The highest BCUT2D eigenvalue weighted by Crippen LogP contribution is 2.32. The molecule has 2 aromatic rings. The SMILES string of the molecule is CCc1ccc(C(=O)Nc2ccc3c(c2)OCCO3)cc1. The van der Waals surface area contributed by atoms with Crippen molar-refractivity contribution in [3.8, 4) is 11.5 Å². The Labute approximate surface area is 123 Å². The van der Waals surface area contributed by atoms with Crippen LogP contribution >= 0.6 is 0 Å². The second-order valence-electron chi connectivity index (χ2n) is 4.86. The molecule has 4 nitrogen and oxygen atoms in total. The summed E-state index contributed by atoms with van der Waals surface area (Å²) >= 11 is 0. The molecule has 1 N–H and O–H groups in total. The monoisotopic (exact) mass is 283 g/mol. The summed E-state index contributed by atoms with van der Waals surface area (Å²) in [4.78, 5) is 12.2. The molecule has 0 atom stereocenters. The molecule has 0 spiro atoms. The number of rotatable bonds is 3. The fourth-order valence-corrected chi connectivity index (χ4v) is 2.22. The number of hydrogen-bond acceptors (Lipinski definition) is 3. The van der Waals surface area contributed by atoms with Crippen LogP contribution in [0, 0.1) is 0 Å². The van der Waals surface area contributed by atoms with E-state index in [0.29, 0.717) is 36.0 Å². The van der Waals surface area contributed by atoms with Gasteiger partial charge in [-0.2, -0.15) is 0 Å². The van der Waals surface area contributed by atoms with Crippen molar-refractivity contribution < 1.29 is 14.3 Å². The summed E-state index contributed by atoms with van der Waals surface area (Å²) in [5.41, 5.74) is 2.55. The third-order valence-electron chi connectivity index (χ3n) is 3.42. The minimum absolute atomic E-state index is 0.130. The molecule has 0 aliphatic carbocycles. The van der Waals surface area contributed by atoms with Gasteiger partial charge >= 0.3 is 0 Å². The van der Waals surface area contributed by atoms with Gasteiger partial charge in [0.1, 0.15) is 13.2 Å². The average molecular weight is 283 g/mol. The number of anilines is 1. The van der Waals surface area contributed by atoms with Crippen molar-refractivity contribution in [3.05, 3.63) is 53.6 Å². The molecule has 3 rings (SSSR count). The number of carbonyl (C=O) groups excluding carboxylic acids is 1. The Hall–Kier alpha value is -2.49. The zero-order valence-electron chi connectivity index (χ0n) is 11.9. The Balaban J connectivity index is 1.74. The number of hydrogen-bond donors (Lipinski definition) is 1. The average Bonchev–Trinajstić information content (AvgIpc) is 2.55. The largest absolute Gasteiger partial charge is 0.486 e. The molecule has 0 bridgehead atoms. The van der Waals surface area contributed by atoms with E-state index >= 15 is 0 Å². The maximum absolute atomic E-state index is 12.2. The van der Waals surface area contributed by atoms with Crippen molar-refractivity contribution in [2.75, 3.05) is 18.5 Å². The highest BCUT2D eigenvalue weighted by Gasteiger charge is 2.13. The van der Waals surface area contributed by atoms with E-state index in [-0.39, 0.29) is 5.91 Å². The molecular formula is C17H17NO3. The number of carbonyl (C=O) groups is 1. The van der Waals surface area contributed by atoms with Gasteiger partial charge in [0.25, 0.3) is 5.91 Å². The summed E-state index contributed by atoms with van der Waals surface area (Å²) in [5, 5.41) is 2.87. The van der Waals surface area contributed by atoms with Crippen molar-refractivity contribution in [3.63, 3.8) is 0 Å². The topological polar surface area (TPSA) is 47.6 Å². The Kier molecular flexibility index (Phi) is 3.77. The van der Waals surface area contributed by atoms with Gasteiger partial charge in [0.15, 0.2) is 11.5 Å². The van der Waals surface area contributed by atoms with Crippen LogP contribution in [0.3, 0.4) is 0 Å². The number of fused-ring (bicyclic) bond motifs is 1. The fraction of sp³-hybridized carbons (Fsp3) is 0.235. The molecule has 4 heteroatoms. The molecule has 1 aliphatic rings. The normalized spacial score (nSPS) is 12.8. The number of ether oxygens (including phenoxy) is 2. The Morgan fingerprint density at radius 3 is 2.48 bits per heavy atom. The molecule has 0 radical (unpaired) electrons. The Bertz CT molecular complexity index is 650. The lowest BCUT2D eigenvalue weighted by Gasteiger charge is -2.19. The van der Waals surface area contributed by atoms with Crippen LogP contribution in [0.25, 0.3) is 0 Å². The number of nitrogens with one attached hydrogen (secondary N) is 1. The van der Waals surface area contributed by atoms with E-state index in [1.807, 2.05) is 36.4 Å². The summed E-state index contributed by atoms with van der Waals surface area (Å²) in [6.07, 6.45) is 0.962. The number of benzene rings is 2. The maximum atomic E-state index is 12.2. The highest BCUT2D eigenvalue weighted by molar-refractivity contribution is 6.04. The van der Waals surface area contributed by atoms with Gasteiger partial charge in [-0.3, -0.25) is 4.79 Å². The van der Waals surface area contributed by atoms with Gasteiger partial charge in [-0.25, -0.2) is 0 Å². The van der Waals surface area contributed by atoms with Crippen LogP contribution in [0.2, 0.25) is 0 Å². The molecule has 108 valence electrons. The second-order valence-corrected chi connectivity index (χ2v) is 4.86. The third kappa shape index (κ3) is 2.99. The van der Waals surface area contributed by atoms with Crippen molar-refractivity contribution >= 4 is 11.6 Å². The van der Waals surface area contributed by atoms with Crippen molar-refractivity contribution in [2.45, 2.75) is 13.3 Å². The minimum Gasteiger partial charge on any atom is -0.486 e. The molecule has 1 heterocycles. The van der Waals surface area contributed by atoms with Crippen LogP contribution in [0.4, 0.5) is 5.69 Å². The Morgan fingerprint density at radius 1 is 1.05 bits per heavy atom. The number of aryl methyl sites for hydroxylation is 1. The van der Waals surface area contributed by atoms with E-state index in [9.17, 15) is 4.79 Å². The van der Waals surface area contributed by atoms with Crippen LogP contribution < -0.4 is 14.8 Å². The third-order valence-corrected chi connectivity index (χ3v) is 3.42. The van der Waals surface area contributed by atoms with Crippen molar-refractivity contribution in [1.29, 1.82) is 0 Å². The van der Waals surface area contributed by atoms with Crippen LogP contribution in [0.1, 0.15) is 22.8 Å². The lowest BCUT2D eigenvalue weighted by atomic mass is 10.1. The molecule has 0 fully saturated rings. The molecular weight excluding hydrogens is 266 g/mol. The van der Waals surface area contributed by atoms with Gasteiger partial charge in [0.2, 0.25) is 0 Å². The van der Waals surface area contributed by atoms with Crippen molar-refractivity contribution in [1.82, 2.24) is 0 Å². The summed E-state index contributed by atoms with van der Waals surface area (Å²) in [5.74, 6) is 1.25. The number of amides is 1. The standard InChI is InChI=1S/C17H17NO3/c1-2-12-3-5-13(6-4-12)17(19)18-14-7-8-15-16(11-14)21-10-9-20-15/h3-8,11H,2,9-10H2,1H3,(H,18,19). The first kappa shape index (κ1) is 13.5. The van der Waals surface area contributed by atoms with E-state index in [1.165, 1.54) is 5.56 Å². The molecule has 2 aromatic carbocycles. The highest BCUT2D eigenvalue weighted by atomic mass is 16.6. The molecule has 1 amide bonds. The van der Waals surface area contributed by atoms with E-state index in [1.54, 1.807) is 6.07 Å². The zero-order valence-corrected chi connectivity index (χ0v) is 11.9. The van der Waals surface area contributed by atoms with Crippen LogP contribution in [-0.4, -0.2) is 19.1 Å². The first-order chi connectivity index (χ1) is 10.3. The molecule has 0 saturated heterocycles. The lowest BCUT2D eigenvalue weighted by molar-refractivity contribution is 0.102. The van der Waals surface area contributed by atoms with Gasteiger partial charge in [-0.05, 0) is 36.2 Å². The van der Waals surface area contributed by atoms with Gasteiger partial charge in [-0.15, -0.1) is 0 Å². The maximum Gasteiger partial charge on any atom is 0.255 e. The first-order valence-electron chi connectivity index (χ1n) is 7.06. The van der Waals surface area contributed by atoms with Gasteiger partial charge < -0.3 is 14.8 Å². The molecule has 1 aliphatic heterocycles. The van der Waals surface area contributed by atoms with Gasteiger partial charge in [0, 0.05) is 17.3 Å². The molecule has 21 heavy (non-hydrogen) atoms. The molecule has 0 unspecified atom stereocenters. The van der Waals surface area contributed by atoms with Crippen molar-refractivity contribution in [2.24, 2.45) is 0 Å². The van der Waals surface area contributed by atoms with E-state index in [4.69, 9.17) is 9.47 Å². The van der Waals surface area contributed by atoms with E-state index < -0.39 is 0 Å². The smallest absolute Gasteiger partial charge is 0.255 e. The predicted molar refractivity (Wildman–Crippen MR) is 81.2 cm³/mol. The Morgan fingerprint density at radius 2 is 1.76 bits per heavy atom. The van der Waals surface area contributed by atoms with Gasteiger partial charge in [0.05, 0.1) is 0 Å². The van der Waals surface area contributed by atoms with Gasteiger partial charge in [-0.1, -0.05) is 19.1 Å². The summed E-state index contributed by atoms with van der Waals surface area (Å²) in [6, 6.07) is 13.0. The zero-order chi connectivity index (χ0) is 14.7. The first-order valence-corrected chi connectivity index (χ1v) is 7.06. The molecule has 0 saturated carbocycles. The van der Waals surface area contributed by atoms with Crippen LogP contribution in [0.15, 0.2) is 42.5 Å². The predicted octanol–water partition coefficient (Wildman–Crippen LogP) is 3.27. The fourth-order valence-electron chi connectivity index (χ4n) is 2.22. The van der Waals surface area contributed by atoms with Crippen LogP contribution in [0.5, 0.6) is 11.5 Å². The minimum atomic E-state index is -0.130. The van der Waals surface area contributed by atoms with E-state index in [2.05, 4.69) is 12.2 Å². The summed E-state index contributed by atoms with van der Waals surface area (Å²) in [7, 11) is 0. The van der Waals surface area contributed by atoms with Crippen LogP contribution in [-0.2, 0) is 6.42 Å². The lowest BCUT2D eigenvalue weighted by Crippen LogP contribution is -2.16. The summed E-state index contributed by atoms with van der Waals surface area (Å²) < 4.78 is 11.0. The molecule has 0 aromatic heterocycles. The second kappa shape index (κ2) is 5.87.